The smallest absolute Gasteiger partial charge is 0.245 e. The topological polar surface area (TPSA) is 76.4 Å². The second-order valence-corrected chi connectivity index (χ2v) is 6.24. The molecule has 2 N–H and O–H groups in total. The Balaban J connectivity index is 2.37. The number of rotatable bonds is 8. The number of benzene rings is 1. The van der Waals surface area contributed by atoms with Crippen molar-refractivity contribution >= 4 is 5.91 Å². The molecule has 2 atom stereocenters. The van der Waals surface area contributed by atoms with E-state index in [0.717, 1.165) is 11.3 Å². The third-order valence-corrected chi connectivity index (χ3v) is 4.20. The van der Waals surface area contributed by atoms with Crippen LogP contribution in [-0.2, 0) is 16.0 Å². The van der Waals surface area contributed by atoms with Gasteiger partial charge in [0.15, 0.2) is 0 Å². The van der Waals surface area contributed by atoms with E-state index in [0.29, 0.717) is 6.42 Å². The molecule has 0 aliphatic rings. The molecular formula is C18H24FN3O3. The van der Waals surface area contributed by atoms with E-state index >= 15 is 0 Å². The molecule has 0 bridgehead atoms. The summed E-state index contributed by atoms with van der Waals surface area (Å²) in [4.78, 5) is 11.7. The van der Waals surface area contributed by atoms with Crippen LogP contribution in [0.2, 0.25) is 0 Å². The predicted octanol–water partition coefficient (Wildman–Crippen LogP) is 2.84. The first-order valence-corrected chi connectivity index (χ1v) is 8.19. The average Bonchev–Trinajstić information content (AvgIpc) is 3.09. The molecule has 1 amide bonds. The van der Waals surface area contributed by atoms with E-state index in [9.17, 15) is 9.18 Å². The number of ether oxygens (including phenoxy) is 1. The van der Waals surface area contributed by atoms with Gasteiger partial charge < -0.3 is 4.74 Å². The van der Waals surface area contributed by atoms with Gasteiger partial charge in [-0.3, -0.25) is 14.7 Å². The molecular weight excluding hydrogens is 325 g/mol. The van der Waals surface area contributed by atoms with Crippen molar-refractivity contribution in [1.29, 1.82) is 0 Å². The quantitative estimate of drug-likeness (QED) is 0.567. The number of nitrogens with zero attached hydrogens (tertiary/aromatic N) is 2. The van der Waals surface area contributed by atoms with Gasteiger partial charge >= 0.3 is 0 Å². The number of hydroxylamine groups is 1. The van der Waals surface area contributed by atoms with Crippen molar-refractivity contribution in [1.82, 2.24) is 15.3 Å². The zero-order valence-corrected chi connectivity index (χ0v) is 14.6. The molecule has 0 radical (unpaired) electrons. The number of amides is 1. The summed E-state index contributed by atoms with van der Waals surface area (Å²) >= 11 is 0. The molecule has 1 aromatic carbocycles. The van der Waals surface area contributed by atoms with Crippen LogP contribution in [0.1, 0.15) is 43.5 Å². The van der Waals surface area contributed by atoms with Crippen molar-refractivity contribution in [3.8, 4) is 0 Å². The lowest BCUT2D eigenvalue weighted by molar-refractivity contribution is -0.132. The van der Waals surface area contributed by atoms with Gasteiger partial charge in [-0.2, -0.15) is 5.10 Å². The molecule has 0 saturated heterocycles. The summed E-state index contributed by atoms with van der Waals surface area (Å²) in [5.74, 6) is -1.00. The van der Waals surface area contributed by atoms with Crippen LogP contribution in [0, 0.1) is 5.82 Å². The van der Waals surface area contributed by atoms with Gasteiger partial charge in [0.05, 0.1) is 12.5 Å². The number of hydrogen-bond acceptors (Lipinski definition) is 4. The Labute approximate surface area is 146 Å². The van der Waals surface area contributed by atoms with Gasteiger partial charge in [-0.1, -0.05) is 12.1 Å². The SMILES string of the molecule is CO[C@H](CC(=O)NO)[C@H](Cc1ccc(F)cc1)c1ccnn1C(C)C. The van der Waals surface area contributed by atoms with Crippen LogP contribution in [-0.4, -0.2) is 34.1 Å². The van der Waals surface area contributed by atoms with Gasteiger partial charge in [-0.25, -0.2) is 9.87 Å². The maximum Gasteiger partial charge on any atom is 0.245 e. The van der Waals surface area contributed by atoms with E-state index in [1.807, 2.05) is 24.6 Å². The summed E-state index contributed by atoms with van der Waals surface area (Å²) in [6.45, 7) is 4.04. The lowest BCUT2D eigenvalue weighted by atomic mass is 9.88. The van der Waals surface area contributed by atoms with E-state index in [1.54, 1.807) is 23.8 Å². The van der Waals surface area contributed by atoms with Crippen molar-refractivity contribution in [2.45, 2.75) is 44.8 Å². The third kappa shape index (κ3) is 4.87. The molecule has 2 rings (SSSR count). The largest absolute Gasteiger partial charge is 0.380 e. The summed E-state index contributed by atoms with van der Waals surface area (Å²) in [5, 5.41) is 13.2. The van der Waals surface area contributed by atoms with Crippen molar-refractivity contribution in [3.05, 3.63) is 53.6 Å². The number of carbonyl (C=O) groups is 1. The van der Waals surface area contributed by atoms with Crippen LogP contribution in [0.25, 0.3) is 0 Å². The number of hydrogen-bond donors (Lipinski definition) is 2. The van der Waals surface area contributed by atoms with E-state index in [2.05, 4.69) is 5.10 Å². The highest BCUT2D eigenvalue weighted by Crippen LogP contribution is 2.29. The normalized spacial score (nSPS) is 13.7. The molecule has 0 unspecified atom stereocenters. The third-order valence-electron chi connectivity index (χ3n) is 4.20. The molecule has 1 heterocycles. The molecule has 7 heteroatoms. The second-order valence-electron chi connectivity index (χ2n) is 6.24. The minimum absolute atomic E-state index is 0.00212. The van der Waals surface area contributed by atoms with Gasteiger partial charge in [0, 0.05) is 31.0 Å². The minimum Gasteiger partial charge on any atom is -0.380 e. The average molecular weight is 349 g/mol. The van der Waals surface area contributed by atoms with Crippen LogP contribution < -0.4 is 5.48 Å². The van der Waals surface area contributed by atoms with Crippen molar-refractivity contribution in [2.75, 3.05) is 7.11 Å². The summed E-state index contributed by atoms with van der Waals surface area (Å²) in [5.41, 5.74) is 3.50. The molecule has 1 aromatic heterocycles. The highest BCUT2D eigenvalue weighted by molar-refractivity contribution is 5.75. The number of methoxy groups -OCH3 is 1. The Kier molecular flexibility index (Phi) is 6.66. The van der Waals surface area contributed by atoms with E-state index in [4.69, 9.17) is 9.94 Å². The molecule has 0 spiro atoms. The van der Waals surface area contributed by atoms with E-state index in [1.165, 1.54) is 19.2 Å². The second kappa shape index (κ2) is 8.73. The molecule has 25 heavy (non-hydrogen) atoms. The van der Waals surface area contributed by atoms with E-state index < -0.39 is 12.0 Å². The maximum absolute atomic E-state index is 13.2. The Bertz CT molecular complexity index is 685. The van der Waals surface area contributed by atoms with Crippen LogP contribution in [0.4, 0.5) is 4.39 Å². The van der Waals surface area contributed by atoms with Crippen LogP contribution >= 0.6 is 0 Å². The molecule has 2 aromatic rings. The zero-order valence-electron chi connectivity index (χ0n) is 14.6. The summed E-state index contributed by atoms with van der Waals surface area (Å²) in [6, 6.07) is 8.30. The molecule has 0 aliphatic carbocycles. The lowest BCUT2D eigenvalue weighted by Crippen LogP contribution is -2.32. The fourth-order valence-electron chi connectivity index (χ4n) is 2.97. The Morgan fingerprint density at radius 2 is 2.00 bits per heavy atom. The minimum atomic E-state index is -0.522. The number of nitrogens with one attached hydrogen (secondary N) is 1. The molecule has 136 valence electrons. The van der Waals surface area contributed by atoms with Crippen LogP contribution in [0.5, 0.6) is 0 Å². The molecule has 6 nitrogen and oxygen atoms in total. The molecule has 0 fully saturated rings. The summed E-state index contributed by atoms with van der Waals surface area (Å²) in [7, 11) is 1.53. The first-order valence-electron chi connectivity index (χ1n) is 8.19. The van der Waals surface area contributed by atoms with E-state index in [-0.39, 0.29) is 24.2 Å². The summed E-state index contributed by atoms with van der Waals surface area (Å²) < 4.78 is 20.6. The molecule has 0 aliphatic heterocycles. The Morgan fingerprint density at radius 1 is 1.32 bits per heavy atom. The zero-order chi connectivity index (χ0) is 18.4. The van der Waals surface area contributed by atoms with Crippen molar-refractivity contribution < 1.29 is 19.1 Å². The van der Waals surface area contributed by atoms with Gasteiger partial charge in [0.2, 0.25) is 5.91 Å². The fraction of sp³-hybridized carbons (Fsp3) is 0.444. The standard InChI is InChI=1S/C18H24FN3O3/c1-12(2)22-16(8-9-20-22)15(17(25-3)11-18(23)21-24)10-13-4-6-14(19)7-5-13/h4-9,12,15,17,24H,10-11H2,1-3H3,(H,21,23)/t15-,17-/m1/s1. The highest BCUT2D eigenvalue weighted by atomic mass is 19.1. The van der Waals surface area contributed by atoms with Gasteiger partial charge in [0.25, 0.3) is 0 Å². The van der Waals surface area contributed by atoms with Crippen molar-refractivity contribution in [3.63, 3.8) is 0 Å². The molecule has 0 saturated carbocycles. The number of carbonyl (C=O) groups excluding carboxylic acids is 1. The van der Waals surface area contributed by atoms with Crippen LogP contribution in [0.15, 0.2) is 36.5 Å². The monoisotopic (exact) mass is 349 g/mol. The fourth-order valence-corrected chi connectivity index (χ4v) is 2.97. The first kappa shape index (κ1) is 19.1. The van der Waals surface area contributed by atoms with Crippen LogP contribution in [0.3, 0.4) is 0 Å². The predicted molar refractivity (Wildman–Crippen MR) is 90.8 cm³/mol. The number of halogens is 1. The van der Waals surface area contributed by atoms with Gasteiger partial charge in [-0.05, 0) is 44.0 Å². The van der Waals surface area contributed by atoms with Gasteiger partial charge in [0.1, 0.15) is 5.82 Å². The first-order chi connectivity index (χ1) is 12.0. The number of aromatic nitrogens is 2. The van der Waals surface area contributed by atoms with Gasteiger partial charge in [-0.15, -0.1) is 0 Å². The Hall–Kier alpha value is -2.25. The maximum atomic E-state index is 13.2. The lowest BCUT2D eigenvalue weighted by Gasteiger charge is -2.27. The summed E-state index contributed by atoms with van der Waals surface area (Å²) in [6.07, 6.45) is 1.80. The highest BCUT2D eigenvalue weighted by Gasteiger charge is 2.29. The van der Waals surface area contributed by atoms with Crippen molar-refractivity contribution in [2.24, 2.45) is 0 Å². The Morgan fingerprint density at radius 3 is 2.56 bits per heavy atom.